The van der Waals surface area contributed by atoms with Crippen LogP contribution in [0.3, 0.4) is 0 Å². The quantitative estimate of drug-likeness (QED) is 0.662. The molecule has 0 amide bonds. The maximum absolute atomic E-state index is 5.66. The maximum atomic E-state index is 5.66. The fraction of sp³-hybridized carbons (Fsp3) is 0.222. The van der Waals surface area contributed by atoms with Gasteiger partial charge in [-0.1, -0.05) is 62.4 Å². The fourth-order valence-corrected chi connectivity index (χ4v) is 1.89. The fourth-order valence-electron chi connectivity index (χ4n) is 1.89. The molecule has 0 heterocycles. The summed E-state index contributed by atoms with van der Waals surface area (Å²) in [7, 11) is 0. The highest BCUT2D eigenvalue weighted by atomic mass is 16.5. The molecular weight excluding hydrogens is 232 g/mol. The van der Waals surface area contributed by atoms with Gasteiger partial charge in [0.1, 0.15) is 5.75 Å². The lowest BCUT2D eigenvalue weighted by molar-refractivity contribution is 0.309. The third kappa shape index (κ3) is 3.72. The average molecular weight is 252 g/mol. The zero-order chi connectivity index (χ0) is 13.5. The van der Waals surface area contributed by atoms with E-state index >= 15 is 0 Å². The summed E-state index contributed by atoms with van der Waals surface area (Å²) >= 11 is 0. The Hall–Kier alpha value is -2.02. The highest BCUT2D eigenvalue weighted by molar-refractivity contribution is 5.78. The molecule has 98 valence electrons. The van der Waals surface area contributed by atoms with Crippen LogP contribution in [0.4, 0.5) is 0 Å². The first-order chi connectivity index (χ1) is 9.31. The minimum Gasteiger partial charge on any atom is -0.494 e. The molecular formula is C18H20O. The van der Waals surface area contributed by atoms with Gasteiger partial charge in [-0.3, -0.25) is 0 Å². The van der Waals surface area contributed by atoms with Crippen molar-refractivity contribution in [3.63, 3.8) is 0 Å². The zero-order valence-corrected chi connectivity index (χ0v) is 11.4. The van der Waals surface area contributed by atoms with E-state index < -0.39 is 0 Å². The summed E-state index contributed by atoms with van der Waals surface area (Å²) in [6.45, 7) is 7.11. The topological polar surface area (TPSA) is 9.23 Å². The van der Waals surface area contributed by atoms with Gasteiger partial charge in [-0.2, -0.15) is 0 Å². The van der Waals surface area contributed by atoms with Crippen LogP contribution in [-0.2, 0) is 0 Å². The van der Waals surface area contributed by atoms with Crippen molar-refractivity contribution in [1.82, 2.24) is 0 Å². The summed E-state index contributed by atoms with van der Waals surface area (Å²) in [5.74, 6) is 0.929. The molecule has 0 bridgehead atoms. The highest BCUT2D eigenvalue weighted by Crippen LogP contribution is 2.23. The molecule has 0 aliphatic rings. The summed E-state index contributed by atoms with van der Waals surface area (Å²) in [6.07, 6.45) is 2.25. The van der Waals surface area contributed by atoms with Crippen LogP contribution in [0.15, 0.2) is 61.2 Å². The Morgan fingerprint density at radius 2 is 1.58 bits per heavy atom. The third-order valence-corrected chi connectivity index (χ3v) is 3.09. The predicted octanol–water partition coefficient (Wildman–Crippen LogP) is 4.93. The molecule has 2 aromatic carbocycles. The molecule has 0 saturated carbocycles. The van der Waals surface area contributed by atoms with Gasteiger partial charge in [0, 0.05) is 0 Å². The number of benzene rings is 2. The van der Waals surface area contributed by atoms with Crippen LogP contribution in [-0.4, -0.2) is 6.61 Å². The summed E-state index contributed by atoms with van der Waals surface area (Å²) < 4.78 is 5.66. The van der Waals surface area contributed by atoms with Crippen LogP contribution < -0.4 is 4.74 Å². The van der Waals surface area contributed by atoms with E-state index in [0.717, 1.165) is 41.9 Å². The van der Waals surface area contributed by atoms with Gasteiger partial charge < -0.3 is 4.74 Å². The van der Waals surface area contributed by atoms with Crippen molar-refractivity contribution >= 4 is 5.57 Å². The largest absolute Gasteiger partial charge is 0.494 e. The smallest absolute Gasteiger partial charge is 0.119 e. The summed E-state index contributed by atoms with van der Waals surface area (Å²) in [5.41, 5.74) is 3.33. The highest BCUT2D eigenvalue weighted by Gasteiger charge is 2.02. The molecule has 19 heavy (non-hydrogen) atoms. The van der Waals surface area contributed by atoms with Crippen LogP contribution in [0.2, 0.25) is 0 Å². The molecule has 2 rings (SSSR count). The molecule has 0 fully saturated rings. The molecule has 0 atom stereocenters. The maximum Gasteiger partial charge on any atom is 0.119 e. The lowest BCUT2D eigenvalue weighted by atomic mass is 10.00. The number of unbranched alkanes of at least 4 members (excludes halogenated alkanes) is 1. The van der Waals surface area contributed by atoms with Gasteiger partial charge in [0.2, 0.25) is 0 Å². The molecule has 0 spiro atoms. The Balaban J connectivity index is 2.04. The van der Waals surface area contributed by atoms with Crippen LogP contribution in [0.5, 0.6) is 5.75 Å². The van der Waals surface area contributed by atoms with E-state index in [2.05, 4.69) is 37.8 Å². The Morgan fingerprint density at radius 3 is 2.21 bits per heavy atom. The summed E-state index contributed by atoms with van der Waals surface area (Å²) in [6, 6.07) is 18.4. The van der Waals surface area contributed by atoms with Gasteiger partial charge in [-0.25, -0.2) is 0 Å². The lowest BCUT2D eigenvalue weighted by Gasteiger charge is -2.08. The van der Waals surface area contributed by atoms with E-state index in [-0.39, 0.29) is 0 Å². The molecule has 0 aliphatic heterocycles. The predicted molar refractivity (Wildman–Crippen MR) is 81.4 cm³/mol. The van der Waals surface area contributed by atoms with Crippen LogP contribution in [0, 0.1) is 0 Å². The van der Waals surface area contributed by atoms with Crippen LogP contribution in [0.1, 0.15) is 30.9 Å². The number of hydrogen-bond donors (Lipinski definition) is 0. The molecule has 0 unspecified atom stereocenters. The molecule has 2 aromatic rings. The van der Waals surface area contributed by atoms with Gasteiger partial charge in [-0.15, -0.1) is 0 Å². The van der Waals surface area contributed by atoms with E-state index in [4.69, 9.17) is 4.74 Å². The molecule has 0 radical (unpaired) electrons. The number of rotatable bonds is 6. The monoisotopic (exact) mass is 252 g/mol. The minimum atomic E-state index is 0.787. The van der Waals surface area contributed by atoms with Gasteiger partial charge >= 0.3 is 0 Å². The summed E-state index contributed by atoms with van der Waals surface area (Å²) in [4.78, 5) is 0. The van der Waals surface area contributed by atoms with Crippen molar-refractivity contribution in [1.29, 1.82) is 0 Å². The number of hydrogen-bond acceptors (Lipinski definition) is 1. The first kappa shape index (κ1) is 13.4. The molecule has 0 aliphatic carbocycles. The van der Waals surface area contributed by atoms with Gasteiger partial charge in [-0.05, 0) is 35.3 Å². The Morgan fingerprint density at radius 1 is 0.947 bits per heavy atom. The Kier molecular flexibility index (Phi) is 4.79. The first-order valence-electron chi connectivity index (χ1n) is 6.79. The SMILES string of the molecule is C=C(c1ccccc1)c1ccc(OCCCC)cc1. The lowest BCUT2D eigenvalue weighted by Crippen LogP contribution is -1.96. The van der Waals surface area contributed by atoms with Gasteiger partial charge in [0.05, 0.1) is 6.61 Å². The zero-order valence-electron chi connectivity index (χ0n) is 11.4. The normalized spacial score (nSPS) is 10.2. The third-order valence-electron chi connectivity index (χ3n) is 3.09. The van der Waals surface area contributed by atoms with Crippen molar-refractivity contribution < 1.29 is 4.74 Å². The second kappa shape index (κ2) is 6.79. The average Bonchev–Trinajstić information content (AvgIpc) is 2.48. The second-order valence-corrected chi connectivity index (χ2v) is 4.57. The van der Waals surface area contributed by atoms with E-state index in [0.29, 0.717) is 0 Å². The standard InChI is InChI=1S/C18H20O/c1-3-4-14-19-18-12-10-17(11-13-18)15(2)16-8-6-5-7-9-16/h5-13H,2-4,14H2,1H3. The van der Waals surface area contributed by atoms with Gasteiger partial charge in [0.15, 0.2) is 0 Å². The van der Waals surface area contributed by atoms with E-state index in [1.165, 1.54) is 0 Å². The number of ether oxygens (including phenoxy) is 1. The van der Waals surface area contributed by atoms with Gasteiger partial charge in [0.25, 0.3) is 0 Å². The van der Waals surface area contributed by atoms with Crippen LogP contribution >= 0.6 is 0 Å². The van der Waals surface area contributed by atoms with Crippen molar-refractivity contribution in [2.24, 2.45) is 0 Å². The van der Waals surface area contributed by atoms with Crippen molar-refractivity contribution in [2.45, 2.75) is 19.8 Å². The molecule has 1 nitrogen and oxygen atoms in total. The summed E-state index contributed by atoms with van der Waals surface area (Å²) in [5, 5.41) is 0. The second-order valence-electron chi connectivity index (χ2n) is 4.57. The molecule has 0 aromatic heterocycles. The van der Waals surface area contributed by atoms with E-state index in [1.54, 1.807) is 0 Å². The molecule has 0 saturated heterocycles. The molecule has 0 N–H and O–H groups in total. The Bertz CT molecular complexity index is 511. The minimum absolute atomic E-state index is 0.787. The Labute approximate surface area is 115 Å². The molecule has 1 heteroatoms. The first-order valence-corrected chi connectivity index (χ1v) is 6.79. The van der Waals surface area contributed by atoms with Crippen LogP contribution in [0.25, 0.3) is 5.57 Å². The van der Waals surface area contributed by atoms with Crippen molar-refractivity contribution in [3.8, 4) is 5.75 Å². The van der Waals surface area contributed by atoms with E-state index in [9.17, 15) is 0 Å². The van der Waals surface area contributed by atoms with Crippen molar-refractivity contribution in [2.75, 3.05) is 6.61 Å². The van der Waals surface area contributed by atoms with E-state index in [1.807, 2.05) is 30.3 Å². The van der Waals surface area contributed by atoms with Crippen molar-refractivity contribution in [3.05, 3.63) is 72.3 Å².